The number of ether oxygens (including phenoxy) is 1. The second kappa shape index (κ2) is 7.37. The van der Waals surface area contributed by atoms with Gasteiger partial charge < -0.3 is 4.74 Å². The van der Waals surface area contributed by atoms with Crippen LogP contribution in [-0.2, 0) is 23.3 Å². The van der Waals surface area contributed by atoms with Crippen molar-refractivity contribution >= 4 is 39.3 Å². The topological polar surface area (TPSA) is 52.1 Å². The fraction of sp³-hybridized carbons (Fsp3) is 0.350. The van der Waals surface area contributed by atoms with Crippen LogP contribution in [0.4, 0.5) is 0 Å². The van der Waals surface area contributed by atoms with E-state index >= 15 is 0 Å². The molecule has 0 radical (unpaired) electrons. The molecule has 1 aromatic carbocycles. The molecule has 3 aromatic rings. The fourth-order valence-corrected chi connectivity index (χ4v) is 5.76. The number of hydrogen-bond acceptors (Lipinski definition) is 6. The molecule has 0 unspecified atom stereocenters. The Morgan fingerprint density at radius 2 is 2.12 bits per heavy atom. The lowest BCUT2D eigenvalue weighted by atomic mass is 9.89. The lowest BCUT2D eigenvalue weighted by molar-refractivity contribution is 0.0600. The minimum atomic E-state index is -0.305. The third-order valence-corrected chi connectivity index (χ3v) is 7.03. The highest BCUT2D eigenvalue weighted by atomic mass is 32.2. The zero-order valence-corrected chi connectivity index (χ0v) is 16.5. The third-order valence-electron chi connectivity index (χ3n) is 4.81. The van der Waals surface area contributed by atoms with Crippen LogP contribution in [0.15, 0.2) is 35.6 Å². The first-order chi connectivity index (χ1) is 12.7. The Bertz CT molecular complexity index is 950. The molecule has 0 fully saturated rings. The van der Waals surface area contributed by atoms with Crippen molar-refractivity contribution in [2.75, 3.05) is 7.11 Å². The molecule has 0 saturated carbocycles. The molecule has 134 valence electrons. The first-order valence-electron chi connectivity index (χ1n) is 8.71. The van der Waals surface area contributed by atoms with Crippen molar-refractivity contribution in [2.24, 2.45) is 5.92 Å². The molecule has 0 bridgehead atoms. The maximum absolute atomic E-state index is 11.5. The van der Waals surface area contributed by atoms with E-state index in [4.69, 9.17) is 4.74 Å². The average Bonchev–Trinajstić information content (AvgIpc) is 3.04. The van der Waals surface area contributed by atoms with E-state index in [1.54, 1.807) is 18.1 Å². The summed E-state index contributed by atoms with van der Waals surface area (Å²) < 4.78 is 4.75. The molecule has 0 amide bonds. The number of carbonyl (C=O) groups is 1. The van der Waals surface area contributed by atoms with Crippen molar-refractivity contribution in [3.63, 3.8) is 0 Å². The molecule has 2 heterocycles. The highest BCUT2D eigenvalue weighted by molar-refractivity contribution is 7.98. The number of benzene rings is 1. The molecular formula is C20H20N2O2S2. The summed E-state index contributed by atoms with van der Waals surface area (Å²) in [5.41, 5.74) is 3.20. The molecule has 2 aromatic heterocycles. The van der Waals surface area contributed by atoms with E-state index in [2.05, 4.69) is 16.9 Å². The van der Waals surface area contributed by atoms with E-state index in [9.17, 15) is 4.79 Å². The average molecular weight is 385 g/mol. The van der Waals surface area contributed by atoms with Gasteiger partial charge in [0.05, 0.1) is 12.7 Å². The Balaban J connectivity index is 1.57. The quantitative estimate of drug-likeness (QED) is 0.364. The van der Waals surface area contributed by atoms with Gasteiger partial charge in [0.2, 0.25) is 0 Å². The number of nitrogens with zero attached hydrogens (tertiary/aromatic N) is 2. The van der Waals surface area contributed by atoms with Crippen LogP contribution < -0.4 is 0 Å². The molecule has 1 aliphatic rings. The van der Waals surface area contributed by atoms with Gasteiger partial charge in [-0.05, 0) is 48.4 Å². The molecule has 0 saturated heterocycles. The Hall–Kier alpha value is -1.92. The Kier molecular flexibility index (Phi) is 4.96. The second-order valence-electron chi connectivity index (χ2n) is 6.69. The summed E-state index contributed by atoms with van der Waals surface area (Å²) in [6.45, 7) is 2.33. The first-order valence-corrected chi connectivity index (χ1v) is 10.5. The van der Waals surface area contributed by atoms with Crippen LogP contribution in [0, 0.1) is 5.92 Å². The van der Waals surface area contributed by atoms with E-state index in [0.717, 1.165) is 39.9 Å². The summed E-state index contributed by atoms with van der Waals surface area (Å²) in [4.78, 5) is 23.2. The SMILES string of the molecule is COC(=O)c1ccc(CSc2ncnc3sc4c(c23)CC[C@H](C)C4)cc1. The van der Waals surface area contributed by atoms with Gasteiger partial charge in [0.15, 0.2) is 0 Å². The predicted molar refractivity (Wildman–Crippen MR) is 106 cm³/mol. The van der Waals surface area contributed by atoms with Gasteiger partial charge in [-0.3, -0.25) is 0 Å². The molecule has 1 atom stereocenters. The van der Waals surface area contributed by atoms with Gasteiger partial charge in [0.1, 0.15) is 16.2 Å². The second-order valence-corrected chi connectivity index (χ2v) is 8.74. The third kappa shape index (κ3) is 3.35. The number of carbonyl (C=O) groups excluding carboxylic acids is 1. The number of hydrogen-bond donors (Lipinski definition) is 0. The summed E-state index contributed by atoms with van der Waals surface area (Å²) >= 11 is 3.57. The van der Waals surface area contributed by atoms with Crippen LogP contribution >= 0.6 is 23.1 Å². The van der Waals surface area contributed by atoms with Crippen LogP contribution in [0.1, 0.15) is 39.7 Å². The van der Waals surface area contributed by atoms with Gasteiger partial charge in [0.25, 0.3) is 0 Å². The molecule has 1 aliphatic carbocycles. The standard InChI is InChI=1S/C20H20N2O2S2/c1-12-3-8-15-16(9-12)26-19-17(15)18(21-11-22-19)25-10-13-4-6-14(7-5-13)20(23)24-2/h4-7,11-12H,3,8-10H2,1-2H3/t12-/m0/s1. The summed E-state index contributed by atoms with van der Waals surface area (Å²) in [6.07, 6.45) is 5.21. The lowest BCUT2D eigenvalue weighted by Gasteiger charge is -2.18. The number of aryl methyl sites for hydroxylation is 1. The van der Waals surface area contributed by atoms with Gasteiger partial charge in [-0.2, -0.15) is 0 Å². The maximum Gasteiger partial charge on any atom is 0.337 e. The summed E-state index contributed by atoms with van der Waals surface area (Å²) in [5.74, 6) is 1.27. The van der Waals surface area contributed by atoms with Crippen molar-refractivity contribution in [3.05, 3.63) is 52.2 Å². The Labute approximate surface area is 161 Å². The van der Waals surface area contributed by atoms with Gasteiger partial charge in [-0.15, -0.1) is 23.1 Å². The molecule has 4 nitrogen and oxygen atoms in total. The van der Waals surface area contributed by atoms with Crippen LogP contribution in [0.25, 0.3) is 10.2 Å². The van der Waals surface area contributed by atoms with Crippen molar-refractivity contribution in [3.8, 4) is 0 Å². The number of esters is 1. The van der Waals surface area contributed by atoms with E-state index < -0.39 is 0 Å². The minimum Gasteiger partial charge on any atom is -0.465 e. The van der Waals surface area contributed by atoms with E-state index in [-0.39, 0.29) is 5.97 Å². The van der Waals surface area contributed by atoms with Crippen molar-refractivity contribution < 1.29 is 9.53 Å². The highest BCUT2D eigenvalue weighted by Gasteiger charge is 2.23. The Morgan fingerprint density at radius 1 is 1.31 bits per heavy atom. The maximum atomic E-state index is 11.5. The molecule has 0 N–H and O–H groups in total. The number of thioether (sulfide) groups is 1. The largest absolute Gasteiger partial charge is 0.465 e. The molecule has 26 heavy (non-hydrogen) atoms. The number of rotatable bonds is 4. The zero-order valence-electron chi connectivity index (χ0n) is 14.8. The molecular weight excluding hydrogens is 364 g/mol. The number of aromatic nitrogens is 2. The van der Waals surface area contributed by atoms with E-state index in [0.29, 0.717) is 5.56 Å². The van der Waals surface area contributed by atoms with Gasteiger partial charge >= 0.3 is 5.97 Å². The lowest BCUT2D eigenvalue weighted by Crippen LogP contribution is -2.08. The van der Waals surface area contributed by atoms with Gasteiger partial charge in [0, 0.05) is 16.0 Å². The van der Waals surface area contributed by atoms with Crippen LogP contribution in [0.2, 0.25) is 0 Å². The molecule has 0 aliphatic heterocycles. The van der Waals surface area contributed by atoms with Gasteiger partial charge in [-0.1, -0.05) is 19.1 Å². The van der Waals surface area contributed by atoms with Crippen molar-refractivity contribution in [1.29, 1.82) is 0 Å². The fourth-order valence-electron chi connectivity index (χ4n) is 3.36. The Morgan fingerprint density at radius 3 is 2.88 bits per heavy atom. The zero-order chi connectivity index (χ0) is 18.1. The summed E-state index contributed by atoms with van der Waals surface area (Å²) in [5, 5.41) is 2.33. The van der Waals surface area contributed by atoms with Crippen LogP contribution in [-0.4, -0.2) is 23.0 Å². The van der Waals surface area contributed by atoms with E-state index in [1.807, 2.05) is 35.6 Å². The van der Waals surface area contributed by atoms with E-state index in [1.165, 1.54) is 29.4 Å². The molecule has 4 rings (SSSR count). The first kappa shape index (κ1) is 17.5. The molecule has 0 spiro atoms. The van der Waals surface area contributed by atoms with Crippen molar-refractivity contribution in [2.45, 2.75) is 37.0 Å². The number of thiophene rings is 1. The number of methoxy groups -OCH3 is 1. The van der Waals surface area contributed by atoms with Crippen LogP contribution in [0.5, 0.6) is 0 Å². The number of fused-ring (bicyclic) bond motifs is 3. The predicted octanol–water partition coefficient (Wildman–Crippen LogP) is 4.90. The molecule has 6 heteroatoms. The monoisotopic (exact) mass is 384 g/mol. The normalized spacial score (nSPS) is 16.5. The summed E-state index contributed by atoms with van der Waals surface area (Å²) in [7, 11) is 1.40. The van der Waals surface area contributed by atoms with Crippen molar-refractivity contribution in [1.82, 2.24) is 9.97 Å². The van der Waals surface area contributed by atoms with Crippen LogP contribution in [0.3, 0.4) is 0 Å². The summed E-state index contributed by atoms with van der Waals surface area (Å²) in [6, 6.07) is 7.57. The minimum absolute atomic E-state index is 0.305. The smallest absolute Gasteiger partial charge is 0.337 e. The highest BCUT2D eigenvalue weighted by Crippen LogP contribution is 2.41. The van der Waals surface area contributed by atoms with Gasteiger partial charge in [-0.25, -0.2) is 14.8 Å².